The van der Waals surface area contributed by atoms with Crippen molar-refractivity contribution in [3.8, 4) is 0 Å². The molecule has 0 aliphatic rings. The highest BCUT2D eigenvalue weighted by molar-refractivity contribution is 7.92. The molecule has 0 aliphatic heterocycles. The third kappa shape index (κ3) is 2.92. The van der Waals surface area contributed by atoms with Gasteiger partial charge >= 0.3 is 5.97 Å². The average molecular weight is 312 g/mol. The van der Waals surface area contributed by atoms with Gasteiger partial charge in [0.05, 0.1) is 6.20 Å². The normalized spacial score (nSPS) is 11.8. The van der Waals surface area contributed by atoms with Crippen LogP contribution >= 0.6 is 0 Å². The summed E-state index contributed by atoms with van der Waals surface area (Å²) in [5.41, 5.74) is -0.104. The monoisotopic (exact) mass is 312 g/mol. The molecule has 0 saturated carbocycles. The summed E-state index contributed by atoms with van der Waals surface area (Å²) < 4.78 is 29.8. The first kappa shape index (κ1) is 15.1. The predicted molar refractivity (Wildman–Crippen MR) is 75.8 cm³/mol. The maximum Gasteiger partial charge on any atom is 0.352 e. The largest absolute Gasteiger partial charge is 0.477 e. The van der Waals surface area contributed by atoms with Gasteiger partial charge in [-0.3, -0.25) is 4.72 Å². The molecule has 2 rings (SSSR count). The predicted octanol–water partition coefficient (Wildman–Crippen LogP) is 1.30. The third-order valence-corrected chi connectivity index (χ3v) is 4.23. The molecule has 0 saturated heterocycles. The molecule has 0 atom stereocenters. The zero-order valence-electron chi connectivity index (χ0n) is 11.8. The molecule has 0 radical (unpaired) electrons. The summed E-state index contributed by atoms with van der Waals surface area (Å²) in [5, 5.41) is 13.0. The van der Waals surface area contributed by atoms with Gasteiger partial charge in [0.1, 0.15) is 16.4 Å². The fourth-order valence-corrected chi connectivity index (χ4v) is 3.02. The van der Waals surface area contributed by atoms with Gasteiger partial charge in [-0.2, -0.15) is 5.10 Å². The van der Waals surface area contributed by atoms with E-state index in [2.05, 4.69) is 9.82 Å². The molecule has 0 amide bonds. The highest BCUT2D eigenvalue weighted by atomic mass is 32.2. The molecule has 0 aromatic carbocycles. The lowest BCUT2D eigenvalue weighted by atomic mass is 10.4. The van der Waals surface area contributed by atoms with Gasteiger partial charge in [-0.1, -0.05) is 0 Å². The van der Waals surface area contributed by atoms with Gasteiger partial charge < -0.3 is 9.67 Å². The molecule has 0 fully saturated rings. The Morgan fingerprint density at radius 1 is 1.43 bits per heavy atom. The van der Waals surface area contributed by atoms with E-state index in [0.717, 1.165) is 6.07 Å². The maximum atomic E-state index is 12.3. The van der Waals surface area contributed by atoms with Crippen LogP contribution < -0.4 is 4.72 Å². The Balaban J connectivity index is 2.37. The molecule has 2 aromatic heterocycles. The second-order valence-electron chi connectivity index (χ2n) is 4.84. The van der Waals surface area contributed by atoms with Crippen LogP contribution in [0, 0.1) is 0 Å². The SMILES string of the molecule is CC(C)n1nccc1NS(=O)(=O)c1cc(C(=O)O)n(C)c1. The molecule has 2 heterocycles. The summed E-state index contributed by atoms with van der Waals surface area (Å²) in [5.74, 6) is -0.864. The van der Waals surface area contributed by atoms with Gasteiger partial charge in [0.2, 0.25) is 0 Å². The molecule has 2 N–H and O–H groups in total. The fraction of sp³-hybridized carbons (Fsp3) is 0.333. The summed E-state index contributed by atoms with van der Waals surface area (Å²) in [6.45, 7) is 3.74. The third-order valence-electron chi connectivity index (χ3n) is 2.91. The highest BCUT2D eigenvalue weighted by Crippen LogP contribution is 2.20. The molecular weight excluding hydrogens is 296 g/mol. The Bertz CT molecular complexity index is 773. The van der Waals surface area contributed by atoms with Gasteiger partial charge in [-0.05, 0) is 19.9 Å². The lowest BCUT2D eigenvalue weighted by molar-refractivity contribution is 0.0686. The van der Waals surface area contributed by atoms with Crippen molar-refractivity contribution in [1.82, 2.24) is 14.3 Å². The first-order chi connectivity index (χ1) is 9.72. The number of nitrogens with one attached hydrogen (secondary N) is 1. The molecule has 8 nitrogen and oxygen atoms in total. The molecule has 2 aromatic rings. The van der Waals surface area contributed by atoms with Gasteiger partial charge in [0, 0.05) is 25.4 Å². The number of aromatic nitrogens is 3. The van der Waals surface area contributed by atoms with E-state index in [-0.39, 0.29) is 16.6 Å². The van der Waals surface area contributed by atoms with E-state index in [9.17, 15) is 13.2 Å². The molecular formula is C12H16N4O4S. The Morgan fingerprint density at radius 3 is 2.62 bits per heavy atom. The van der Waals surface area contributed by atoms with Crippen LogP contribution in [0.25, 0.3) is 0 Å². The van der Waals surface area contributed by atoms with Crippen molar-refractivity contribution < 1.29 is 18.3 Å². The smallest absolute Gasteiger partial charge is 0.352 e. The average Bonchev–Trinajstić information content (AvgIpc) is 2.95. The molecule has 114 valence electrons. The number of nitrogens with zero attached hydrogens (tertiary/aromatic N) is 3. The van der Waals surface area contributed by atoms with Gasteiger partial charge in [0.15, 0.2) is 0 Å². The number of aromatic carboxylic acids is 1. The van der Waals surface area contributed by atoms with Crippen molar-refractivity contribution in [2.24, 2.45) is 7.05 Å². The number of rotatable bonds is 5. The number of carbonyl (C=O) groups is 1. The lowest BCUT2D eigenvalue weighted by Crippen LogP contribution is -2.17. The Morgan fingerprint density at radius 2 is 2.10 bits per heavy atom. The van der Waals surface area contributed by atoms with Crippen molar-refractivity contribution in [2.45, 2.75) is 24.8 Å². The molecule has 21 heavy (non-hydrogen) atoms. The van der Waals surface area contributed by atoms with Crippen LogP contribution in [0.4, 0.5) is 5.82 Å². The van der Waals surface area contributed by atoms with Crippen LogP contribution in [0.2, 0.25) is 0 Å². The number of hydrogen-bond acceptors (Lipinski definition) is 4. The van der Waals surface area contributed by atoms with Crippen LogP contribution in [-0.4, -0.2) is 33.8 Å². The zero-order valence-corrected chi connectivity index (χ0v) is 12.6. The van der Waals surface area contributed by atoms with E-state index in [1.54, 1.807) is 6.07 Å². The molecule has 0 bridgehead atoms. The summed E-state index contributed by atoms with van der Waals surface area (Å²) in [6.07, 6.45) is 2.74. The van der Waals surface area contributed by atoms with Crippen molar-refractivity contribution in [1.29, 1.82) is 0 Å². The maximum absolute atomic E-state index is 12.3. The van der Waals surface area contributed by atoms with E-state index in [0.29, 0.717) is 5.82 Å². The van der Waals surface area contributed by atoms with Crippen LogP contribution in [0.3, 0.4) is 0 Å². The van der Waals surface area contributed by atoms with E-state index in [4.69, 9.17) is 5.11 Å². The number of aryl methyl sites for hydroxylation is 1. The van der Waals surface area contributed by atoms with Gasteiger partial charge in [-0.15, -0.1) is 0 Å². The van der Waals surface area contributed by atoms with E-state index < -0.39 is 16.0 Å². The number of carboxylic acids is 1. The second kappa shape index (κ2) is 5.24. The van der Waals surface area contributed by atoms with Gasteiger partial charge in [0.25, 0.3) is 10.0 Å². The first-order valence-electron chi connectivity index (χ1n) is 6.18. The minimum Gasteiger partial charge on any atom is -0.477 e. The minimum absolute atomic E-state index is 0.0111. The minimum atomic E-state index is -3.87. The topological polar surface area (TPSA) is 106 Å². The van der Waals surface area contributed by atoms with Crippen LogP contribution in [0.1, 0.15) is 30.4 Å². The number of carboxylic acid groups (broad SMARTS) is 1. The molecule has 0 spiro atoms. The van der Waals surface area contributed by atoms with E-state index >= 15 is 0 Å². The Kier molecular flexibility index (Phi) is 3.77. The highest BCUT2D eigenvalue weighted by Gasteiger charge is 2.22. The molecule has 9 heteroatoms. The van der Waals surface area contributed by atoms with Gasteiger partial charge in [-0.25, -0.2) is 17.9 Å². The summed E-state index contributed by atoms with van der Waals surface area (Å²) in [7, 11) is -2.40. The van der Waals surface area contributed by atoms with Crippen molar-refractivity contribution in [2.75, 3.05) is 4.72 Å². The van der Waals surface area contributed by atoms with Crippen LogP contribution in [0.5, 0.6) is 0 Å². The van der Waals surface area contributed by atoms with Crippen molar-refractivity contribution >= 4 is 21.8 Å². The summed E-state index contributed by atoms with van der Waals surface area (Å²) >= 11 is 0. The van der Waals surface area contributed by atoms with Crippen LogP contribution in [0.15, 0.2) is 29.4 Å². The fourth-order valence-electron chi connectivity index (χ4n) is 1.90. The standard InChI is InChI=1S/C12H16N4O4S/c1-8(2)16-11(4-5-13-16)14-21(19,20)9-6-10(12(17)18)15(3)7-9/h4-8,14H,1-3H3,(H,17,18). The molecule has 0 unspecified atom stereocenters. The number of hydrogen-bond donors (Lipinski definition) is 2. The van der Waals surface area contributed by atoms with Crippen molar-refractivity contribution in [3.05, 3.63) is 30.2 Å². The summed E-state index contributed by atoms with van der Waals surface area (Å²) in [4.78, 5) is 10.9. The first-order valence-corrected chi connectivity index (χ1v) is 7.66. The van der Waals surface area contributed by atoms with E-state index in [1.807, 2.05) is 13.8 Å². The number of anilines is 1. The van der Waals surface area contributed by atoms with Crippen LogP contribution in [-0.2, 0) is 17.1 Å². The lowest BCUT2D eigenvalue weighted by Gasteiger charge is -2.12. The van der Waals surface area contributed by atoms with Crippen molar-refractivity contribution in [3.63, 3.8) is 0 Å². The Labute approximate surface area is 122 Å². The zero-order chi connectivity index (χ0) is 15.8. The summed E-state index contributed by atoms with van der Waals surface area (Å²) in [6, 6.07) is 2.64. The Hall–Kier alpha value is -2.29. The van der Waals surface area contributed by atoms with E-state index in [1.165, 1.54) is 28.7 Å². The number of sulfonamides is 1. The quantitative estimate of drug-likeness (QED) is 0.865. The molecule has 0 aliphatic carbocycles. The second-order valence-corrected chi connectivity index (χ2v) is 6.52.